The molecule has 3 aromatic heterocycles. The van der Waals surface area contributed by atoms with E-state index < -0.39 is 29.2 Å². The molecule has 2 unspecified atom stereocenters. The minimum absolute atomic E-state index is 0.101. The van der Waals surface area contributed by atoms with Crippen LogP contribution in [0.2, 0.25) is 0 Å². The fourth-order valence-electron chi connectivity index (χ4n) is 3.92. The number of carbonyl (C=O) groups excluding carboxylic acids is 4. The Bertz CT molecular complexity index is 1620. The molecule has 0 bridgehead atoms. The summed E-state index contributed by atoms with van der Waals surface area (Å²) in [6.45, 7) is 3.12. The second-order valence-corrected chi connectivity index (χ2v) is 12.8. The normalized spacial score (nSPS) is 18.3. The van der Waals surface area contributed by atoms with Crippen LogP contribution in [-0.2, 0) is 31.1 Å². The number of thioether (sulfide) groups is 2. The van der Waals surface area contributed by atoms with Gasteiger partial charge in [0.1, 0.15) is 25.1 Å². The maximum absolute atomic E-state index is 13.2. The Morgan fingerprint density at radius 3 is 2.74 bits per heavy atom. The van der Waals surface area contributed by atoms with E-state index >= 15 is 0 Å². The van der Waals surface area contributed by atoms with Crippen molar-refractivity contribution in [2.24, 2.45) is 12.2 Å². The molecule has 2 N–H and O–H groups in total. The van der Waals surface area contributed by atoms with Crippen molar-refractivity contribution in [3.05, 3.63) is 46.3 Å². The number of carboxylic acids is 1. The summed E-state index contributed by atoms with van der Waals surface area (Å²) in [4.78, 5) is 65.1. The number of carboxylic acid groups (broad SMARTS) is 1. The first kappa shape index (κ1) is 29.6. The van der Waals surface area contributed by atoms with Crippen LogP contribution in [-0.4, -0.2) is 72.4 Å². The molecule has 3 amide bonds. The third-order valence-electron chi connectivity index (χ3n) is 5.80. The Morgan fingerprint density at radius 1 is 1.29 bits per heavy atom. The Kier molecular flexibility index (Phi) is 8.85. The van der Waals surface area contributed by atoms with Gasteiger partial charge in [-0.05, 0) is 6.92 Å². The predicted molar refractivity (Wildman–Crippen MR) is 154 cm³/mol. The van der Waals surface area contributed by atoms with E-state index in [0.29, 0.717) is 9.24 Å². The minimum Gasteiger partial charge on any atom is -0.543 e. The number of amides is 3. The number of aromatic nitrogens is 4. The number of hydrogen-bond donors (Lipinski definition) is 2. The number of rotatable bonds is 10. The van der Waals surface area contributed by atoms with Crippen LogP contribution in [0.1, 0.15) is 19.7 Å². The largest absolute Gasteiger partial charge is 0.543 e. The van der Waals surface area contributed by atoms with Crippen molar-refractivity contribution in [3.63, 3.8) is 0 Å². The number of thiazole rings is 1. The van der Waals surface area contributed by atoms with Crippen molar-refractivity contribution < 1.29 is 33.7 Å². The van der Waals surface area contributed by atoms with Crippen molar-refractivity contribution in [1.82, 2.24) is 24.6 Å². The van der Waals surface area contributed by atoms with Gasteiger partial charge in [0.2, 0.25) is 22.6 Å². The molecule has 2 aliphatic heterocycles. The van der Waals surface area contributed by atoms with Gasteiger partial charge in [-0.3, -0.25) is 19.3 Å². The Labute approximate surface area is 255 Å². The quantitative estimate of drug-likeness (QED) is 0.134. The highest BCUT2D eigenvalue weighted by Gasteiger charge is 2.53. The lowest BCUT2D eigenvalue weighted by Gasteiger charge is -2.50. The molecular formula is C24H22N8O6S4. The molecule has 0 aliphatic carbocycles. The Morgan fingerprint density at radius 2 is 2.05 bits per heavy atom. The van der Waals surface area contributed by atoms with E-state index in [2.05, 4.69) is 30.1 Å². The second-order valence-electron chi connectivity index (χ2n) is 8.74. The fourth-order valence-corrected chi connectivity index (χ4v) is 7.99. The molecule has 0 radical (unpaired) electrons. The van der Waals surface area contributed by atoms with Gasteiger partial charge >= 0.3 is 0 Å². The minimum atomic E-state index is -1.50. The molecule has 2 atom stereocenters. The number of carbonyl (C=O) groups is 4. The van der Waals surface area contributed by atoms with Crippen molar-refractivity contribution in [2.45, 2.75) is 29.6 Å². The summed E-state index contributed by atoms with van der Waals surface area (Å²) in [5.74, 6) is -3.11. The summed E-state index contributed by atoms with van der Waals surface area (Å²) in [5, 5.41) is 22.4. The third-order valence-corrected chi connectivity index (χ3v) is 9.92. The molecule has 5 rings (SSSR count). The van der Waals surface area contributed by atoms with Gasteiger partial charge in [-0.1, -0.05) is 16.9 Å². The molecule has 0 aromatic carbocycles. The highest BCUT2D eigenvalue weighted by molar-refractivity contribution is 8.07. The zero-order chi connectivity index (χ0) is 30.0. The van der Waals surface area contributed by atoms with E-state index in [9.17, 15) is 24.3 Å². The van der Waals surface area contributed by atoms with Gasteiger partial charge in [0, 0.05) is 52.2 Å². The lowest BCUT2D eigenvalue weighted by atomic mass is 10.0. The summed E-state index contributed by atoms with van der Waals surface area (Å²) in [7, 11) is 1.91. The average molecular weight is 647 g/mol. The molecule has 1 saturated heterocycles. The first-order valence-corrected chi connectivity index (χ1v) is 15.8. The van der Waals surface area contributed by atoms with Gasteiger partial charge in [0.05, 0.1) is 17.4 Å². The van der Waals surface area contributed by atoms with Crippen LogP contribution in [0, 0.1) is 0 Å². The molecule has 0 spiro atoms. The van der Waals surface area contributed by atoms with Crippen LogP contribution >= 0.6 is 46.4 Å². The summed E-state index contributed by atoms with van der Waals surface area (Å²) in [5.41, 5.74) is 1.14. The maximum atomic E-state index is 13.2. The van der Waals surface area contributed by atoms with Crippen LogP contribution < -0.4 is 20.3 Å². The molecule has 5 heterocycles. The molecule has 18 heteroatoms. The predicted octanol–water partition coefficient (Wildman–Crippen LogP) is 0.339. The maximum Gasteiger partial charge on any atom is 0.278 e. The number of nitrogens with one attached hydrogen (secondary N) is 2. The summed E-state index contributed by atoms with van der Waals surface area (Å²) < 4.78 is 6.57. The second kappa shape index (κ2) is 12.6. The van der Waals surface area contributed by atoms with E-state index in [0.717, 1.165) is 27.7 Å². The number of aliphatic carboxylic acids is 1. The number of hydrogen-bond acceptors (Lipinski definition) is 14. The SMILES string of the molecule is CCON=C(C(=O)NC1C(=O)N2C(C(=O)[O-])=C(Sc3nc(-c4cc[n+](C)cc4)cs3)CSC12)c1nsc(NC(C)=O)n1. The standard InChI is InChI=1S/C24H22N8O6S4/c1-4-38-29-15(18-28-23(42-30-18)25-11(2)33)19(34)27-16-20(35)32-17(22(36)37)14(10-39-21(16)32)41-24-26-13(9-40-24)12-5-7-31(3)8-6-12/h5-9,16,21H,4,10H2,1-3H3,(H2-,25,27,28,30,33,34,36,37). The monoisotopic (exact) mass is 646 g/mol. The summed E-state index contributed by atoms with van der Waals surface area (Å²) in [6, 6.07) is 2.83. The number of fused-ring (bicyclic) bond motifs is 1. The van der Waals surface area contributed by atoms with Crippen molar-refractivity contribution in [3.8, 4) is 11.3 Å². The highest BCUT2D eigenvalue weighted by Crippen LogP contribution is 2.45. The fraction of sp³-hybridized carbons (Fsp3) is 0.292. The number of oxime groups is 1. The van der Waals surface area contributed by atoms with Gasteiger partial charge < -0.3 is 25.4 Å². The smallest absolute Gasteiger partial charge is 0.278 e. The van der Waals surface area contributed by atoms with Crippen molar-refractivity contribution in [1.29, 1.82) is 0 Å². The molecule has 3 aromatic rings. The zero-order valence-corrected chi connectivity index (χ0v) is 25.5. The molecule has 14 nitrogen and oxygen atoms in total. The molecule has 2 aliphatic rings. The van der Waals surface area contributed by atoms with Gasteiger partial charge in [-0.2, -0.15) is 9.36 Å². The Balaban J connectivity index is 1.31. The topological polar surface area (TPSA) is 183 Å². The van der Waals surface area contributed by atoms with E-state index in [4.69, 9.17) is 4.84 Å². The molecule has 0 saturated carbocycles. The van der Waals surface area contributed by atoms with Gasteiger partial charge in [-0.15, -0.1) is 23.1 Å². The lowest BCUT2D eigenvalue weighted by Crippen LogP contribution is -2.71. The molecule has 42 heavy (non-hydrogen) atoms. The van der Waals surface area contributed by atoms with Crippen LogP contribution in [0.4, 0.5) is 5.13 Å². The molecule has 218 valence electrons. The first-order chi connectivity index (χ1) is 20.2. The zero-order valence-electron chi connectivity index (χ0n) is 22.2. The van der Waals surface area contributed by atoms with Crippen molar-refractivity contribution in [2.75, 3.05) is 17.7 Å². The number of aryl methyl sites for hydroxylation is 1. The lowest BCUT2D eigenvalue weighted by molar-refractivity contribution is -0.671. The van der Waals surface area contributed by atoms with E-state index in [-0.39, 0.29) is 40.6 Å². The van der Waals surface area contributed by atoms with Crippen LogP contribution in [0.5, 0.6) is 0 Å². The molecular weight excluding hydrogens is 625 g/mol. The number of β-lactam (4-membered cyclic amide) rings is 1. The van der Waals surface area contributed by atoms with Gasteiger partial charge in [0.15, 0.2) is 16.7 Å². The summed E-state index contributed by atoms with van der Waals surface area (Å²) in [6.07, 6.45) is 3.81. The van der Waals surface area contributed by atoms with Gasteiger partial charge in [0.25, 0.3) is 11.8 Å². The highest BCUT2D eigenvalue weighted by atomic mass is 32.2. The number of nitrogens with zero attached hydrogens (tertiary/aromatic N) is 6. The van der Waals surface area contributed by atoms with E-state index in [1.807, 2.05) is 41.5 Å². The third kappa shape index (κ3) is 6.15. The summed E-state index contributed by atoms with van der Waals surface area (Å²) >= 11 is 4.69. The van der Waals surface area contributed by atoms with Crippen LogP contribution in [0.3, 0.4) is 0 Å². The van der Waals surface area contributed by atoms with Crippen LogP contribution in [0.25, 0.3) is 11.3 Å². The van der Waals surface area contributed by atoms with Gasteiger partial charge in [-0.25, -0.2) is 9.55 Å². The molecule has 1 fully saturated rings. The van der Waals surface area contributed by atoms with E-state index in [1.54, 1.807) is 6.92 Å². The van der Waals surface area contributed by atoms with Crippen molar-refractivity contribution >= 4 is 80.9 Å². The Hall–Kier alpha value is -3.87. The van der Waals surface area contributed by atoms with E-state index in [1.165, 1.54) is 41.8 Å². The number of pyridine rings is 1. The average Bonchev–Trinajstić information content (AvgIpc) is 3.61. The van der Waals surface area contributed by atoms with Crippen LogP contribution in [0.15, 0.2) is 50.0 Å². The first-order valence-electron chi connectivity index (χ1n) is 12.3. The number of anilines is 1.